The Bertz CT molecular complexity index is 973. The van der Waals surface area contributed by atoms with Gasteiger partial charge in [-0.1, -0.05) is 18.2 Å². The fourth-order valence-electron chi connectivity index (χ4n) is 4.27. The number of hydrogen-bond acceptors (Lipinski definition) is 4. The summed E-state index contributed by atoms with van der Waals surface area (Å²) >= 11 is 0. The molecular weight excluding hydrogens is 376 g/mol. The summed E-state index contributed by atoms with van der Waals surface area (Å²) in [6, 6.07) is 21.0. The van der Waals surface area contributed by atoms with Gasteiger partial charge in [-0.2, -0.15) is 0 Å². The Morgan fingerprint density at radius 2 is 1.60 bits per heavy atom. The van der Waals surface area contributed by atoms with E-state index in [1.54, 1.807) is 17.6 Å². The molecule has 2 N–H and O–H groups in total. The molecule has 2 aromatic carbocycles. The topological polar surface area (TPSA) is 60.7 Å². The monoisotopic (exact) mass is 404 g/mol. The number of aromatic nitrogens is 1. The molecule has 0 saturated carbocycles. The molecule has 4 rings (SSSR count). The van der Waals surface area contributed by atoms with Gasteiger partial charge >= 0.3 is 0 Å². The number of amides is 1. The van der Waals surface area contributed by atoms with E-state index in [0.29, 0.717) is 17.6 Å². The highest BCUT2D eigenvalue weighted by atomic mass is 16.5. The first-order valence-electron chi connectivity index (χ1n) is 10.3. The molecule has 0 bridgehead atoms. The summed E-state index contributed by atoms with van der Waals surface area (Å²) in [5.74, 6) is -0.487. The molecule has 3 aromatic rings. The van der Waals surface area contributed by atoms with Crippen molar-refractivity contribution in [1.82, 2.24) is 14.9 Å². The summed E-state index contributed by atoms with van der Waals surface area (Å²) in [6.45, 7) is 7.30. The molecule has 1 amide bonds. The van der Waals surface area contributed by atoms with Gasteiger partial charge in [-0.05, 0) is 61.9 Å². The van der Waals surface area contributed by atoms with Crippen molar-refractivity contribution in [3.05, 3.63) is 84.2 Å². The highest BCUT2D eigenvalue weighted by Crippen LogP contribution is 2.26. The summed E-state index contributed by atoms with van der Waals surface area (Å²) in [5, 5.41) is 8.76. The highest BCUT2D eigenvalue weighted by Gasteiger charge is 2.29. The summed E-state index contributed by atoms with van der Waals surface area (Å²) in [5.41, 5.74) is 5.71. The second-order valence-corrected chi connectivity index (χ2v) is 8.02. The number of nitrogens with zero attached hydrogens (tertiary/aromatic N) is 3. The third-order valence-corrected chi connectivity index (χ3v) is 5.88. The zero-order valence-electron chi connectivity index (χ0n) is 17.4. The van der Waals surface area contributed by atoms with Gasteiger partial charge < -0.3 is 9.47 Å². The van der Waals surface area contributed by atoms with Crippen LogP contribution < -0.4 is 10.4 Å². The van der Waals surface area contributed by atoms with Gasteiger partial charge in [0, 0.05) is 61.0 Å². The Morgan fingerprint density at radius 3 is 2.23 bits per heavy atom. The second-order valence-electron chi connectivity index (χ2n) is 8.02. The van der Waals surface area contributed by atoms with Crippen LogP contribution in [0.15, 0.2) is 73.1 Å². The fraction of sp³-hybridized carbons (Fsp3) is 0.292. The van der Waals surface area contributed by atoms with Crippen LogP contribution in [-0.4, -0.2) is 45.8 Å². The fourth-order valence-corrected chi connectivity index (χ4v) is 4.27. The van der Waals surface area contributed by atoms with Crippen molar-refractivity contribution in [3.63, 3.8) is 0 Å². The zero-order valence-corrected chi connectivity index (χ0v) is 17.4. The highest BCUT2D eigenvalue weighted by molar-refractivity contribution is 5.93. The molecule has 2 heterocycles. The zero-order chi connectivity index (χ0) is 21.1. The van der Waals surface area contributed by atoms with Crippen molar-refractivity contribution < 1.29 is 10.0 Å². The van der Waals surface area contributed by atoms with E-state index in [2.05, 4.69) is 64.9 Å². The average molecular weight is 405 g/mol. The molecule has 1 saturated heterocycles. The number of piperazine rings is 1. The molecule has 6 heteroatoms. The Balaban J connectivity index is 1.45. The van der Waals surface area contributed by atoms with Crippen molar-refractivity contribution in [2.24, 2.45) is 0 Å². The molecule has 1 aliphatic rings. The van der Waals surface area contributed by atoms with E-state index in [1.165, 1.54) is 11.4 Å². The lowest BCUT2D eigenvalue weighted by Gasteiger charge is -2.45. The van der Waals surface area contributed by atoms with Gasteiger partial charge in [-0.15, -0.1) is 0 Å². The van der Waals surface area contributed by atoms with E-state index in [-0.39, 0.29) is 0 Å². The van der Waals surface area contributed by atoms with Crippen LogP contribution in [0.3, 0.4) is 0 Å². The lowest BCUT2D eigenvalue weighted by molar-refractivity contribution is 0.0706. The van der Waals surface area contributed by atoms with Gasteiger partial charge in [0.05, 0.1) is 0 Å². The van der Waals surface area contributed by atoms with Crippen molar-refractivity contribution >= 4 is 11.6 Å². The van der Waals surface area contributed by atoms with E-state index >= 15 is 0 Å². The first-order valence-corrected chi connectivity index (χ1v) is 10.3. The minimum absolute atomic E-state index is 0.393. The van der Waals surface area contributed by atoms with E-state index in [9.17, 15) is 4.79 Å². The van der Waals surface area contributed by atoms with Crippen LogP contribution in [0, 0.1) is 0 Å². The van der Waals surface area contributed by atoms with Crippen molar-refractivity contribution in [1.29, 1.82) is 0 Å². The Labute approximate surface area is 177 Å². The van der Waals surface area contributed by atoms with Crippen LogP contribution in [0.2, 0.25) is 0 Å². The van der Waals surface area contributed by atoms with Gasteiger partial charge in [0.2, 0.25) is 0 Å². The molecule has 1 aliphatic heterocycles. The van der Waals surface area contributed by atoms with Crippen LogP contribution >= 0.6 is 0 Å². The van der Waals surface area contributed by atoms with Crippen LogP contribution in [0.1, 0.15) is 29.8 Å². The van der Waals surface area contributed by atoms with Gasteiger partial charge in [0.1, 0.15) is 0 Å². The number of hydrogen-bond donors (Lipinski definition) is 2. The van der Waals surface area contributed by atoms with E-state index in [1.807, 2.05) is 24.3 Å². The second kappa shape index (κ2) is 8.73. The van der Waals surface area contributed by atoms with Gasteiger partial charge in [0.15, 0.2) is 0 Å². The maximum absolute atomic E-state index is 11.5. The molecule has 30 heavy (non-hydrogen) atoms. The largest absolute Gasteiger partial charge is 0.368 e. The van der Waals surface area contributed by atoms with E-state index < -0.39 is 5.91 Å². The number of benzene rings is 2. The number of carbonyl (C=O) groups excluding carboxylic acids is 1. The van der Waals surface area contributed by atoms with E-state index in [4.69, 9.17) is 5.21 Å². The molecule has 1 fully saturated rings. The summed E-state index contributed by atoms with van der Waals surface area (Å²) in [4.78, 5) is 16.5. The predicted molar refractivity (Wildman–Crippen MR) is 118 cm³/mol. The number of rotatable bonds is 5. The summed E-state index contributed by atoms with van der Waals surface area (Å²) in [6.07, 6.45) is 4.13. The SMILES string of the molecule is C[C@@H]1CN(c2cccc(-n3cccc3)c2)C[C@H](C)N1Cc1ccc(C(=O)NO)cc1. The lowest BCUT2D eigenvalue weighted by Crippen LogP contribution is -2.56. The maximum Gasteiger partial charge on any atom is 0.274 e. The van der Waals surface area contributed by atoms with Gasteiger partial charge in [-0.25, -0.2) is 5.48 Å². The molecule has 0 radical (unpaired) electrons. The smallest absolute Gasteiger partial charge is 0.274 e. The quantitative estimate of drug-likeness (QED) is 0.503. The first kappa shape index (κ1) is 20.2. The molecule has 0 spiro atoms. The minimum Gasteiger partial charge on any atom is -0.368 e. The summed E-state index contributed by atoms with van der Waals surface area (Å²) in [7, 11) is 0. The maximum atomic E-state index is 11.5. The normalized spacial score (nSPS) is 19.6. The summed E-state index contributed by atoms with van der Waals surface area (Å²) < 4.78 is 2.13. The third-order valence-electron chi connectivity index (χ3n) is 5.88. The first-order chi connectivity index (χ1) is 14.5. The molecule has 156 valence electrons. The van der Waals surface area contributed by atoms with Gasteiger partial charge in [0.25, 0.3) is 5.91 Å². The lowest BCUT2D eigenvalue weighted by atomic mass is 10.0. The average Bonchev–Trinajstić information content (AvgIpc) is 3.31. The van der Waals surface area contributed by atoms with Crippen LogP contribution in [0.4, 0.5) is 5.69 Å². The van der Waals surface area contributed by atoms with Gasteiger partial charge in [-0.3, -0.25) is 14.9 Å². The number of carbonyl (C=O) groups is 1. The van der Waals surface area contributed by atoms with Crippen LogP contribution in [0.25, 0.3) is 5.69 Å². The Morgan fingerprint density at radius 1 is 0.967 bits per heavy atom. The third kappa shape index (κ3) is 4.25. The molecular formula is C24H28N4O2. The van der Waals surface area contributed by atoms with E-state index in [0.717, 1.165) is 25.2 Å². The predicted octanol–water partition coefficient (Wildman–Crippen LogP) is 3.70. The molecule has 1 aromatic heterocycles. The standard InChI is InChI=1S/C24H28N4O2/c1-18-15-27(23-7-5-6-22(14-23)26-12-3-4-13-26)16-19(2)28(18)17-20-8-10-21(11-9-20)24(29)25-30/h3-14,18-19,30H,15-17H2,1-2H3,(H,25,29)/t18-,19+. The van der Waals surface area contributed by atoms with Crippen molar-refractivity contribution in [2.75, 3.05) is 18.0 Å². The van der Waals surface area contributed by atoms with Crippen LogP contribution in [-0.2, 0) is 6.54 Å². The Hall–Kier alpha value is -3.09. The molecule has 6 nitrogen and oxygen atoms in total. The van der Waals surface area contributed by atoms with Crippen LogP contribution in [0.5, 0.6) is 0 Å². The molecule has 2 atom stereocenters. The number of hydroxylamine groups is 1. The molecule has 0 aliphatic carbocycles. The Kier molecular flexibility index (Phi) is 5.88. The van der Waals surface area contributed by atoms with Crippen molar-refractivity contribution in [2.45, 2.75) is 32.5 Å². The van der Waals surface area contributed by atoms with Crippen molar-refractivity contribution in [3.8, 4) is 5.69 Å². The minimum atomic E-state index is -0.487. The number of nitrogens with one attached hydrogen (secondary N) is 1. The number of anilines is 1. The molecule has 0 unspecified atom stereocenters.